The Kier molecular flexibility index (Phi) is 8.44. The van der Waals surface area contributed by atoms with Gasteiger partial charge in [-0.1, -0.05) is 26.7 Å². The van der Waals surface area contributed by atoms with Crippen LogP contribution in [0.1, 0.15) is 46.5 Å². The Morgan fingerprint density at radius 2 is 1.80 bits per heavy atom. The summed E-state index contributed by atoms with van der Waals surface area (Å²) in [5, 5.41) is 10.8. The van der Waals surface area contributed by atoms with Crippen molar-refractivity contribution in [2.24, 2.45) is 0 Å². The highest BCUT2D eigenvalue weighted by atomic mass is 32.2. The lowest BCUT2D eigenvalue weighted by Crippen LogP contribution is -2.48. The predicted octanol–water partition coefficient (Wildman–Crippen LogP) is 2.83. The second-order valence-corrected chi connectivity index (χ2v) is 6.85. The van der Waals surface area contributed by atoms with Gasteiger partial charge in [-0.05, 0) is 19.8 Å². The van der Waals surface area contributed by atoms with Crippen LogP contribution in [0.2, 0.25) is 0 Å². The molecular weight excluding hydrogens is 276 g/mol. The van der Waals surface area contributed by atoms with Crippen LogP contribution >= 0.6 is 11.8 Å². The summed E-state index contributed by atoms with van der Waals surface area (Å²) >= 11 is 1.62. The summed E-state index contributed by atoms with van der Waals surface area (Å²) in [5.74, 6) is 0. The van der Waals surface area contributed by atoms with E-state index in [1.807, 2.05) is 0 Å². The molecule has 1 N–H and O–H groups in total. The molecule has 0 aromatic carbocycles. The van der Waals surface area contributed by atoms with E-state index in [2.05, 4.69) is 13.8 Å². The molecule has 0 aliphatic carbocycles. The van der Waals surface area contributed by atoms with Gasteiger partial charge in [0.05, 0.1) is 11.9 Å². The highest BCUT2D eigenvalue weighted by Gasteiger charge is 2.53. The lowest BCUT2D eigenvalue weighted by Gasteiger charge is -2.30. The van der Waals surface area contributed by atoms with Crippen molar-refractivity contribution in [1.29, 1.82) is 0 Å². The first-order valence-electron chi connectivity index (χ1n) is 7.67. The molecule has 0 saturated carbocycles. The first-order chi connectivity index (χ1) is 9.57. The molecule has 0 spiro atoms. The second kappa shape index (κ2) is 9.26. The molecule has 0 bridgehead atoms. The molecule has 5 heteroatoms. The molecule has 120 valence electrons. The first kappa shape index (κ1) is 18.2. The molecule has 1 heterocycles. The Morgan fingerprint density at radius 3 is 2.40 bits per heavy atom. The first-order valence-corrected chi connectivity index (χ1v) is 8.62. The Balaban J connectivity index is 2.54. The summed E-state index contributed by atoms with van der Waals surface area (Å²) in [7, 11) is 1.63. The maximum absolute atomic E-state index is 10.7. The molecule has 0 radical (unpaired) electrons. The van der Waals surface area contributed by atoms with Crippen LogP contribution in [0.3, 0.4) is 0 Å². The van der Waals surface area contributed by atoms with E-state index in [9.17, 15) is 5.11 Å². The third-order valence-electron chi connectivity index (χ3n) is 3.62. The third kappa shape index (κ3) is 4.88. The zero-order valence-electron chi connectivity index (χ0n) is 13.3. The smallest absolute Gasteiger partial charge is 0.134 e. The van der Waals surface area contributed by atoms with Gasteiger partial charge in [-0.3, -0.25) is 0 Å². The van der Waals surface area contributed by atoms with Crippen LogP contribution in [0.25, 0.3) is 0 Å². The largest absolute Gasteiger partial charge is 0.384 e. The normalized spacial score (nSPS) is 33.8. The van der Waals surface area contributed by atoms with Gasteiger partial charge >= 0.3 is 0 Å². The van der Waals surface area contributed by atoms with E-state index in [0.717, 1.165) is 32.3 Å². The molecule has 20 heavy (non-hydrogen) atoms. The van der Waals surface area contributed by atoms with E-state index in [4.69, 9.17) is 14.2 Å². The average Bonchev–Trinajstić information content (AvgIpc) is 2.66. The molecule has 0 amide bonds. The maximum atomic E-state index is 10.7. The van der Waals surface area contributed by atoms with Gasteiger partial charge in [0.25, 0.3) is 0 Å². The molecule has 0 aromatic rings. The minimum Gasteiger partial charge on any atom is -0.384 e. The molecule has 1 saturated heterocycles. The van der Waals surface area contributed by atoms with Gasteiger partial charge in [0.15, 0.2) is 0 Å². The molecule has 1 rings (SSSR count). The van der Waals surface area contributed by atoms with Gasteiger partial charge in [-0.15, -0.1) is 11.8 Å². The van der Waals surface area contributed by atoms with Crippen LogP contribution in [0.5, 0.6) is 0 Å². The fourth-order valence-corrected chi connectivity index (χ4v) is 3.89. The highest BCUT2D eigenvalue weighted by Crippen LogP contribution is 2.43. The van der Waals surface area contributed by atoms with E-state index in [1.54, 1.807) is 25.8 Å². The van der Waals surface area contributed by atoms with E-state index in [1.165, 1.54) is 0 Å². The fourth-order valence-electron chi connectivity index (χ4n) is 2.38. The van der Waals surface area contributed by atoms with Gasteiger partial charge < -0.3 is 19.3 Å². The Morgan fingerprint density at radius 1 is 1.15 bits per heavy atom. The summed E-state index contributed by atoms with van der Waals surface area (Å²) < 4.78 is 17.0. The van der Waals surface area contributed by atoms with Gasteiger partial charge in [0.1, 0.15) is 17.1 Å². The molecule has 2 unspecified atom stereocenters. The molecular formula is C15H30O4S. The van der Waals surface area contributed by atoms with Gasteiger partial charge in [-0.2, -0.15) is 0 Å². The summed E-state index contributed by atoms with van der Waals surface area (Å²) in [6, 6.07) is 0. The van der Waals surface area contributed by atoms with E-state index >= 15 is 0 Å². The van der Waals surface area contributed by atoms with Crippen LogP contribution in [-0.4, -0.2) is 54.4 Å². The van der Waals surface area contributed by atoms with Crippen LogP contribution in [0.15, 0.2) is 0 Å². The minimum atomic E-state index is -0.966. The molecule has 4 nitrogen and oxygen atoms in total. The van der Waals surface area contributed by atoms with Crippen LogP contribution in [0.4, 0.5) is 0 Å². The summed E-state index contributed by atoms with van der Waals surface area (Å²) in [6.07, 6.45) is 4.08. The van der Waals surface area contributed by atoms with Gasteiger partial charge in [0, 0.05) is 20.3 Å². The van der Waals surface area contributed by atoms with Crippen LogP contribution in [0, 0.1) is 0 Å². The predicted molar refractivity (Wildman–Crippen MR) is 83.2 cm³/mol. The zero-order valence-corrected chi connectivity index (χ0v) is 14.1. The number of aliphatic hydroxyl groups is 1. The molecule has 1 aliphatic heterocycles. The number of ether oxygens (including phenoxy) is 3. The molecule has 4 atom stereocenters. The van der Waals surface area contributed by atoms with Crippen LogP contribution in [-0.2, 0) is 14.2 Å². The monoisotopic (exact) mass is 306 g/mol. The number of methoxy groups -OCH3 is 1. The standard InChI is InChI=1S/C15H30O4S/c1-5-7-9-18-11-12-13(19-10-8-6-2)15(3,16)14(17-4)20-12/h12-14,16H,5-11H2,1-4H3/t12-,13-,14?,15?/m1/s1. The Labute approximate surface area is 127 Å². The van der Waals surface area contributed by atoms with E-state index in [-0.39, 0.29) is 16.8 Å². The van der Waals surface area contributed by atoms with Crippen molar-refractivity contribution in [3.8, 4) is 0 Å². The van der Waals surface area contributed by atoms with Crippen molar-refractivity contribution in [3.05, 3.63) is 0 Å². The number of hydrogen-bond donors (Lipinski definition) is 1. The van der Waals surface area contributed by atoms with Gasteiger partial charge in [0.2, 0.25) is 0 Å². The second-order valence-electron chi connectivity index (χ2n) is 5.54. The Hall–Kier alpha value is 0.190. The quantitative estimate of drug-likeness (QED) is 0.629. The average molecular weight is 306 g/mol. The van der Waals surface area contributed by atoms with E-state index < -0.39 is 5.60 Å². The number of thioether (sulfide) groups is 1. The van der Waals surface area contributed by atoms with Gasteiger partial charge in [-0.25, -0.2) is 0 Å². The molecule has 1 aliphatic rings. The number of rotatable bonds is 10. The maximum Gasteiger partial charge on any atom is 0.134 e. The van der Waals surface area contributed by atoms with Crippen molar-refractivity contribution in [2.75, 3.05) is 26.9 Å². The van der Waals surface area contributed by atoms with Crippen molar-refractivity contribution in [3.63, 3.8) is 0 Å². The van der Waals surface area contributed by atoms with Crippen molar-refractivity contribution in [2.45, 2.75) is 68.8 Å². The van der Waals surface area contributed by atoms with Crippen LogP contribution < -0.4 is 0 Å². The topological polar surface area (TPSA) is 47.9 Å². The fraction of sp³-hybridized carbons (Fsp3) is 1.00. The number of unbranched alkanes of at least 4 members (excludes halogenated alkanes) is 2. The molecule has 1 fully saturated rings. The number of hydrogen-bond acceptors (Lipinski definition) is 5. The minimum absolute atomic E-state index is 0.128. The lowest BCUT2D eigenvalue weighted by atomic mass is 9.97. The summed E-state index contributed by atoms with van der Waals surface area (Å²) in [4.78, 5) is 0. The van der Waals surface area contributed by atoms with Crippen molar-refractivity contribution < 1.29 is 19.3 Å². The zero-order chi connectivity index (χ0) is 15.0. The summed E-state index contributed by atoms with van der Waals surface area (Å²) in [6.45, 7) is 8.15. The van der Waals surface area contributed by atoms with Crippen molar-refractivity contribution >= 4 is 11.8 Å². The molecule has 0 aromatic heterocycles. The Bertz CT molecular complexity index is 260. The van der Waals surface area contributed by atoms with E-state index in [0.29, 0.717) is 13.2 Å². The summed E-state index contributed by atoms with van der Waals surface area (Å²) in [5.41, 5.74) is -1.22. The highest BCUT2D eigenvalue weighted by molar-refractivity contribution is 8.00. The lowest BCUT2D eigenvalue weighted by molar-refractivity contribution is -0.131. The third-order valence-corrected chi connectivity index (χ3v) is 5.27. The SMILES string of the molecule is CCCCOC[C@H]1SC(OC)C(C)(O)[C@@H]1OCCCC. The van der Waals surface area contributed by atoms with Crippen molar-refractivity contribution in [1.82, 2.24) is 0 Å².